The normalized spacial score (nSPS) is 11.1. The molecule has 3 aromatic rings. The maximum absolute atomic E-state index is 11.0. The Morgan fingerprint density at radius 3 is 2.64 bits per heavy atom. The Morgan fingerprint density at radius 1 is 1.14 bits per heavy atom. The van der Waals surface area contributed by atoms with Crippen molar-refractivity contribution in [3.8, 4) is 11.3 Å². The van der Waals surface area contributed by atoms with E-state index < -0.39 is 4.92 Å². The molecule has 0 aliphatic heterocycles. The van der Waals surface area contributed by atoms with E-state index in [2.05, 4.69) is 5.16 Å². The number of aryl methyl sites for hydroxylation is 1. The summed E-state index contributed by atoms with van der Waals surface area (Å²) in [5, 5.41) is 14.6. The van der Waals surface area contributed by atoms with Crippen LogP contribution in [0.5, 0.6) is 0 Å². The molecule has 0 amide bonds. The minimum Gasteiger partial charge on any atom is -0.457 e. The summed E-state index contributed by atoms with van der Waals surface area (Å²) in [7, 11) is 0. The Bertz CT molecular complexity index is 831. The first-order chi connectivity index (χ1) is 10.6. The summed E-state index contributed by atoms with van der Waals surface area (Å²) in [6.07, 6.45) is 3.09. The van der Waals surface area contributed by atoms with Crippen molar-refractivity contribution >= 4 is 17.8 Å². The van der Waals surface area contributed by atoms with Gasteiger partial charge in [0.1, 0.15) is 11.5 Å². The highest BCUT2D eigenvalue weighted by Gasteiger charge is 2.21. The van der Waals surface area contributed by atoms with Gasteiger partial charge in [0.15, 0.2) is 5.69 Å². The van der Waals surface area contributed by atoms with E-state index in [0.29, 0.717) is 5.76 Å². The summed E-state index contributed by atoms with van der Waals surface area (Å²) >= 11 is 0. The molecule has 3 rings (SSSR count). The Kier molecular flexibility index (Phi) is 3.57. The van der Waals surface area contributed by atoms with Gasteiger partial charge in [0, 0.05) is 5.56 Å². The zero-order valence-corrected chi connectivity index (χ0v) is 11.7. The van der Waals surface area contributed by atoms with Gasteiger partial charge < -0.3 is 8.94 Å². The van der Waals surface area contributed by atoms with E-state index in [0.717, 1.165) is 11.3 Å². The van der Waals surface area contributed by atoms with Gasteiger partial charge in [-0.2, -0.15) is 0 Å². The predicted octanol–water partition coefficient (Wildman–Crippen LogP) is 4.32. The maximum atomic E-state index is 11.0. The quantitative estimate of drug-likeness (QED) is 0.529. The van der Waals surface area contributed by atoms with Gasteiger partial charge in [-0.15, -0.1) is 0 Å². The highest BCUT2D eigenvalue weighted by molar-refractivity contribution is 5.71. The molecule has 0 fully saturated rings. The predicted molar refractivity (Wildman–Crippen MR) is 81.0 cm³/mol. The monoisotopic (exact) mass is 296 g/mol. The average Bonchev–Trinajstić information content (AvgIpc) is 3.12. The number of hydrogen-bond donors (Lipinski definition) is 0. The standard InChI is InChI=1S/C16H12N2O4/c1-11-16(18(19)20)15(22-17-11)10-8-13-7-9-14(21-13)12-5-3-2-4-6-12/h2-10H,1H3/b10-8+. The zero-order chi connectivity index (χ0) is 15.5. The van der Waals surface area contributed by atoms with Crippen LogP contribution >= 0.6 is 0 Å². The number of furan rings is 1. The smallest absolute Gasteiger partial charge is 0.338 e. The van der Waals surface area contributed by atoms with Gasteiger partial charge in [-0.05, 0) is 31.2 Å². The molecule has 0 radical (unpaired) electrons. The topological polar surface area (TPSA) is 82.3 Å². The largest absolute Gasteiger partial charge is 0.457 e. The molecular formula is C16H12N2O4. The molecule has 6 heteroatoms. The van der Waals surface area contributed by atoms with Crippen LogP contribution in [0.15, 0.2) is 51.4 Å². The zero-order valence-electron chi connectivity index (χ0n) is 11.7. The maximum Gasteiger partial charge on any atom is 0.338 e. The van der Waals surface area contributed by atoms with E-state index in [9.17, 15) is 10.1 Å². The van der Waals surface area contributed by atoms with Crippen LogP contribution in [-0.4, -0.2) is 10.1 Å². The lowest BCUT2D eigenvalue weighted by Gasteiger charge is -1.94. The average molecular weight is 296 g/mol. The molecule has 1 aromatic carbocycles. The molecular weight excluding hydrogens is 284 g/mol. The van der Waals surface area contributed by atoms with Crippen LogP contribution in [0.1, 0.15) is 17.2 Å². The summed E-state index contributed by atoms with van der Waals surface area (Å²) in [6.45, 7) is 1.53. The van der Waals surface area contributed by atoms with Gasteiger partial charge >= 0.3 is 5.69 Å². The lowest BCUT2D eigenvalue weighted by atomic mass is 10.2. The molecule has 6 nitrogen and oxygen atoms in total. The molecule has 0 saturated carbocycles. The van der Waals surface area contributed by atoms with E-state index in [-0.39, 0.29) is 17.1 Å². The first kappa shape index (κ1) is 13.8. The molecule has 0 unspecified atom stereocenters. The van der Waals surface area contributed by atoms with Crippen molar-refractivity contribution in [3.05, 3.63) is 69.8 Å². The summed E-state index contributed by atoms with van der Waals surface area (Å²) in [4.78, 5) is 10.4. The lowest BCUT2D eigenvalue weighted by Crippen LogP contribution is -1.89. The number of rotatable bonds is 4. The third-order valence-electron chi connectivity index (χ3n) is 3.12. The Morgan fingerprint density at radius 2 is 1.91 bits per heavy atom. The summed E-state index contributed by atoms with van der Waals surface area (Å²) in [6, 6.07) is 13.3. The molecule has 0 atom stereocenters. The van der Waals surface area contributed by atoms with Crippen molar-refractivity contribution in [3.63, 3.8) is 0 Å². The fourth-order valence-corrected chi connectivity index (χ4v) is 2.07. The van der Waals surface area contributed by atoms with E-state index in [1.54, 1.807) is 12.1 Å². The van der Waals surface area contributed by atoms with Crippen molar-refractivity contribution in [1.82, 2.24) is 5.16 Å². The fourth-order valence-electron chi connectivity index (χ4n) is 2.07. The van der Waals surface area contributed by atoms with Crippen LogP contribution in [-0.2, 0) is 0 Å². The van der Waals surface area contributed by atoms with Crippen molar-refractivity contribution in [2.75, 3.05) is 0 Å². The van der Waals surface area contributed by atoms with E-state index >= 15 is 0 Å². The SMILES string of the molecule is Cc1noc(/C=C/c2ccc(-c3ccccc3)o2)c1[N+](=O)[O-]. The van der Waals surface area contributed by atoms with Gasteiger partial charge in [0.2, 0.25) is 5.76 Å². The summed E-state index contributed by atoms with van der Waals surface area (Å²) in [5.41, 5.74) is 1.07. The Hall–Kier alpha value is -3.15. The van der Waals surface area contributed by atoms with Gasteiger partial charge in [-0.1, -0.05) is 35.5 Å². The number of hydrogen-bond acceptors (Lipinski definition) is 5. The highest BCUT2D eigenvalue weighted by Crippen LogP contribution is 2.26. The fraction of sp³-hybridized carbons (Fsp3) is 0.0625. The second-order valence-electron chi connectivity index (χ2n) is 4.64. The van der Waals surface area contributed by atoms with Crippen LogP contribution in [0.25, 0.3) is 23.5 Å². The van der Waals surface area contributed by atoms with E-state index in [1.165, 1.54) is 13.0 Å². The number of benzene rings is 1. The number of nitrogens with zero attached hydrogens (tertiary/aromatic N) is 2. The molecule has 0 saturated heterocycles. The summed E-state index contributed by atoms with van der Waals surface area (Å²) < 4.78 is 10.6. The molecule has 22 heavy (non-hydrogen) atoms. The van der Waals surface area contributed by atoms with Crippen LogP contribution in [0.2, 0.25) is 0 Å². The molecule has 2 aromatic heterocycles. The molecule has 110 valence electrons. The molecule has 0 N–H and O–H groups in total. The van der Waals surface area contributed by atoms with Crippen LogP contribution in [0.3, 0.4) is 0 Å². The van der Waals surface area contributed by atoms with Crippen molar-refractivity contribution in [1.29, 1.82) is 0 Å². The molecule has 0 aliphatic rings. The second kappa shape index (κ2) is 5.69. The Balaban J connectivity index is 1.85. The van der Waals surface area contributed by atoms with Crippen LogP contribution in [0, 0.1) is 17.0 Å². The number of nitro groups is 1. The summed E-state index contributed by atoms with van der Waals surface area (Å²) in [5.74, 6) is 1.39. The minimum absolute atomic E-state index is 0.0974. The second-order valence-corrected chi connectivity index (χ2v) is 4.64. The van der Waals surface area contributed by atoms with E-state index in [4.69, 9.17) is 8.94 Å². The third kappa shape index (κ3) is 2.67. The van der Waals surface area contributed by atoms with E-state index in [1.807, 2.05) is 36.4 Å². The lowest BCUT2D eigenvalue weighted by molar-refractivity contribution is -0.386. The van der Waals surface area contributed by atoms with Crippen molar-refractivity contribution in [2.24, 2.45) is 0 Å². The van der Waals surface area contributed by atoms with Gasteiger partial charge in [0.25, 0.3) is 0 Å². The molecule has 0 bridgehead atoms. The highest BCUT2D eigenvalue weighted by atomic mass is 16.6. The molecule has 0 aliphatic carbocycles. The van der Waals surface area contributed by atoms with Crippen molar-refractivity contribution in [2.45, 2.75) is 6.92 Å². The van der Waals surface area contributed by atoms with Gasteiger partial charge in [-0.3, -0.25) is 10.1 Å². The molecule has 2 heterocycles. The van der Waals surface area contributed by atoms with Crippen LogP contribution < -0.4 is 0 Å². The first-order valence-corrected chi connectivity index (χ1v) is 6.59. The van der Waals surface area contributed by atoms with Crippen LogP contribution in [0.4, 0.5) is 5.69 Å². The van der Waals surface area contributed by atoms with Crippen molar-refractivity contribution < 1.29 is 13.9 Å². The number of aromatic nitrogens is 1. The Labute approximate surface area is 125 Å². The third-order valence-corrected chi connectivity index (χ3v) is 3.12. The first-order valence-electron chi connectivity index (χ1n) is 6.59. The van der Waals surface area contributed by atoms with Gasteiger partial charge in [-0.25, -0.2) is 0 Å². The van der Waals surface area contributed by atoms with Gasteiger partial charge in [0.05, 0.1) is 4.92 Å². The molecule has 0 spiro atoms. The minimum atomic E-state index is -0.511.